The number of hydrogen-bond acceptors (Lipinski definition) is 6. The second-order valence-corrected chi connectivity index (χ2v) is 9.59. The molecular weight excluding hydrogens is 454 g/mol. The number of aryl methyl sites for hydroxylation is 1. The number of hydrogen-bond donors (Lipinski definition) is 2. The second-order valence-electron chi connectivity index (χ2n) is 9.59. The predicted octanol–water partition coefficient (Wildman–Crippen LogP) is 3.64. The zero-order valence-corrected chi connectivity index (χ0v) is 20.6. The molecule has 1 aliphatic carbocycles. The SMILES string of the molecule is C[C@@H](CO)NC(=O)C1CCC(n2cc(-c3cnc(-c4cccc(-c5cnn(C)c5)c4)nc3)cn2)CC1. The summed E-state index contributed by atoms with van der Waals surface area (Å²) in [5, 5.41) is 20.9. The molecule has 9 heteroatoms. The summed E-state index contributed by atoms with van der Waals surface area (Å²) in [7, 11) is 1.90. The van der Waals surface area contributed by atoms with Crippen molar-refractivity contribution in [3.8, 4) is 33.6 Å². The van der Waals surface area contributed by atoms with Crippen LogP contribution in [0, 0.1) is 5.92 Å². The van der Waals surface area contributed by atoms with Crippen molar-refractivity contribution in [1.82, 2.24) is 34.8 Å². The molecule has 0 unspecified atom stereocenters. The topological polar surface area (TPSA) is 111 Å². The molecular formula is C27H31N7O2. The number of carbonyl (C=O) groups excluding carboxylic acids is 1. The number of benzene rings is 1. The fourth-order valence-corrected chi connectivity index (χ4v) is 4.73. The molecule has 5 rings (SSSR count). The van der Waals surface area contributed by atoms with Crippen molar-refractivity contribution < 1.29 is 9.90 Å². The van der Waals surface area contributed by atoms with Crippen molar-refractivity contribution in [3.63, 3.8) is 0 Å². The van der Waals surface area contributed by atoms with Gasteiger partial charge in [-0.3, -0.25) is 14.2 Å². The van der Waals surface area contributed by atoms with Gasteiger partial charge in [0.05, 0.1) is 25.0 Å². The summed E-state index contributed by atoms with van der Waals surface area (Å²) < 4.78 is 3.79. The van der Waals surface area contributed by atoms with Gasteiger partial charge in [-0.2, -0.15) is 10.2 Å². The molecule has 1 aromatic carbocycles. The van der Waals surface area contributed by atoms with Crippen LogP contribution in [-0.2, 0) is 11.8 Å². The number of aromatic nitrogens is 6. The maximum atomic E-state index is 12.4. The smallest absolute Gasteiger partial charge is 0.223 e. The fourth-order valence-electron chi connectivity index (χ4n) is 4.73. The zero-order valence-electron chi connectivity index (χ0n) is 20.6. The van der Waals surface area contributed by atoms with Crippen molar-refractivity contribution >= 4 is 5.91 Å². The number of rotatable bonds is 7. The molecule has 36 heavy (non-hydrogen) atoms. The molecule has 0 aliphatic heterocycles. The molecule has 0 bridgehead atoms. The number of amides is 1. The standard InChI is InChI=1S/C27H31N7O2/c1-18(17-35)32-27(36)19-6-8-25(9-7-19)34-16-24(14-31-34)22-11-28-26(29-12-22)21-5-3-4-20(10-21)23-13-30-33(2)15-23/h3-5,10-16,18-19,25,35H,6-9,17H2,1-2H3,(H,32,36)/t18-,19?,25?/m0/s1. The Morgan fingerprint density at radius 1 is 0.972 bits per heavy atom. The molecule has 1 amide bonds. The first-order valence-corrected chi connectivity index (χ1v) is 12.4. The van der Waals surface area contributed by atoms with Gasteiger partial charge in [0.1, 0.15) is 0 Å². The lowest BCUT2D eigenvalue weighted by atomic mass is 9.85. The lowest BCUT2D eigenvalue weighted by molar-refractivity contribution is -0.127. The number of aliphatic hydroxyl groups excluding tert-OH is 1. The quantitative estimate of drug-likeness (QED) is 0.414. The largest absolute Gasteiger partial charge is 0.394 e. The van der Waals surface area contributed by atoms with E-state index < -0.39 is 0 Å². The van der Waals surface area contributed by atoms with E-state index in [0.717, 1.165) is 53.5 Å². The summed E-state index contributed by atoms with van der Waals surface area (Å²) in [6.45, 7) is 1.77. The van der Waals surface area contributed by atoms with E-state index in [2.05, 4.69) is 37.6 Å². The summed E-state index contributed by atoms with van der Waals surface area (Å²) in [5.74, 6) is 0.714. The van der Waals surface area contributed by atoms with Gasteiger partial charge in [0.2, 0.25) is 5.91 Å². The molecule has 0 saturated heterocycles. The van der Waals surface area contributed by atoms with Gasteiger partial charge < -0.3 is 10.4 Å². The van der Waals surface area contributed by atoms with Crippen molar-refractivity contribution in [1.29, 1.82) is 0 Å². The maximum Gasteiger partial charge on any atom is 0.223 e. The average molecular weight is 486 g/mol. The highest BCUT2D eigenvalue weighted by Gasteiger charge is 2.28. The molecule has 1 fully saturated rings. The number of nitrogens with one attached hydrogen (secondary N) is 1. The summed E-state index contributed by atoms with van der Waals surface area (Å²) in [6, 6.07) is 8.21. The molecule has 0 spiro atoms. The average Bonchev–Trinajstić information content (AvgIpc) is 3.59. The Balaban J connectivity index is 1.23. The maximum absolute atomic E-state index is 12.4. The van der Waals surface area contributed by atoms with Gasteiger partial charge in [0, 0.05) is 66.0 Å². The Morgan fingerprint density at radius 2 is 1.67 bits per heavy atom. The number of nitrogens with zero attached hydrogens (tertiary/aromatic N) is 6. The van der Waals surface area contributed by atoms with Crippen molar-refractivity contribution in [2.24, 2.45) is 13.0 Å². The van der Waals surface area contributed by atoms with Crippen LogP contribution in [0.3, 0.4) is 0 Å². The normalized spacial score (nSPS) is 18.6. The molecule has 2 N–H and O–H groups in total. The first kappa shape index (κ1) is 23.9. The zero-order chi connectivity index (χ0) is 25.1. The molecule has 1 saturated carbocycles. The fraction of sp³-hybridized carbons (Fsp3) is 0.370. The molecule has 3 heterocycles. The van der Waals surface area contributed by atoms with Gasteiger partial charge in [-0.1, -0.05) is 18.2 Å². The molecule has 186 valence electrons. The molecule has 1 aliphatic rings. The lowest BCUT2D eigenvalue weighted by Crippen LogP contribution is -2.40. The molecule has 3 aromatic heterocycles. The van der Waals surface area contributed by atoms with Crippen molar-refractivity contribution in [2.75, 3.05) is 6.61 Å². The third-order valence-corrected chi connectivity index (χ3v) is 6.85. The summed E-state index contributed by atoms with van der Waals surface area (Å²) in [4.78, 5) is 21.6. The van der Waals surface area contributed by atoms with Crippen LogP contribution in [0.2, 0.25) is 0 Å². The van der Waals surface area contributed by atoms with Gasteiger partial charge in [0.15, 0.2) is 5.82 Å². The second kappa shape index (κ2) is 10.4. The van der Waals surface area contributed by atoms with Crippen LogP contribution in [0.25, 0.3) is 33.6 Å². The Bertz CT molecular complexity index is 1320. The van der Waals surface area contributed by atoms with E-state index in [-0.39, 0.29) is 30.5 Å². The van der Waals surface area contributed by atoms with Crippen LogP contribution in [-0.4, -0.2) is 53.2 Å². The van der Waals surface area contributed by atoms with E-state index >= 15 is 0 Å². The lowest BCUT2D eigenvalue weighted by Gasteiger charge is -2.28. The van der Waals surface area contributed by atoms with Crippen LogP contribution in [0.4, 0.5) is 0 Å². The Labute approximate surface area is 210 Å². The number of carbonyl (C=O) groups is 1. The third kappa shape index (κ3) is 5.21. The van der Waals surface area contributed by atoms with Crippen LogP contribution in [0.1, 0.15) is 38.6 Å². The van der Waals surface area contributed by atoms with E-state index in [9.17, 15) is 4.79 Å². The van der Waals surface area contributed by atoms with E-state index in [1.54, 1.807) is 4.68 Å². The van der Waals surface area contributed by atoms with Gasteiger partial charge >= 0.3 is 0 Å². The minimum Gasteiger partial charge on any atom is -0.394 e. The Hall–Kier alpha value is -3.85. The minimum absolute atomic E-state index is 0.00267. The predicted molar refractivity (Wildman–Crippen MR) is 137 cm³/mol. The van der Waals surface area contributed by atoms with Crippen molar-refractivity contribution in [3.05, 3.63) is 61.4 Å². The van der Waals surface area contributed by atoms with E-state index in [1.807, 2.05) is 68.0 Å². The van der Waals surface area contributed by atoms with Gasteiger partial charge in [-0.25, -0.2) is 9.97 Å². The highest BCUT2D eigenvalue weighted by Crippen LogP contribution is 2.33. The van der Waals surface area contributed by atoms with Gasteiger partial charge in [0.25, 0.3) is 0 Å². The Kier molecular flexibility index (Phi) is 6.90. The Morgan fingerprint density at radius 3 is 2.36 bits per heavy atom. The summed E-state index contributed by atoms with van der Waals surface area (Å²) >= 11 is 0. The van der Waals surface area contributed by atoms with Crippen LogP contribution in [0.5, 0.6) is 0 Å². The molecule has 9 nitrogen and oxygen atoms in total. The monoisotopic (exact) mass is 485 g/mol. The van der Waals surface area contributed by atoms with Gasteiger partial charge in [-0.05, 0) is 44.2 Å². The molecule has 1 atom stereocenters. The third-order valence-electron chi connectivity index (χ3n) is 6.85. The van der Waals surface area contributed by atoms with E-state index in [1.165, 1.54) is 0 Å². The molecule has 0 radical (unpaired) electrons. The summed E-state index contributed by atoms with van der Waals surface area (Å²) in [5.41, 5.74) is 4.97. The highest BCUT2D eigenvalue weighted by molar-refractivity contribution is 5.79. The highest BCUT2D eigenvalue weighted by atomic mass is 16.3. The van der Waals surface area contributed by atoms with E-state index in [0.29, 0.717) is 5.82 Å². The van der Waals surface area contributed by atoms with Crippen LogP contribution < -0.4 is 5.32 Å². The summed E-state index contributed by atoms with van der Waals surface area (Å²) in [6.07, 6.45) is 14.8. The van der Waals surface area contributed by atoms with Gasteiger partial charge in [-0.15, -0.1) is 0 Å². The minimum atomic E-state index is -0.206. The van der Waals surface area contributed by atoms with E-state index in [4.69, 9.17) is 5.11 Å². The van der Waals surface area contributed by atoms with Crippen LogP contribution >= 0.6 is 0 Å². The van der Waals surface area contributed by atoms with Crippen molar-refractivity contribution in [2.45, 2.75) is 44.7 Å². The molecule has 4 aromatic rings. The first-order valence-electron chi connectivity index (χ1n) is 12.4. The first-order chi connectivity index (χ1) is 17.5. The number of aliphatic hydroxyl groups is 1. The van der Waals surface area contributed by atoms with Crippen LogP contribution in [0.15, 0.2) is 61.4 Å².